The summed E-state index contributed by atoms with van der Waals surface area (Å²) in [6.07, 6.45) is 2.17. The van der Waals surface area contributed by atoms with Crippen LogP contribution in [-0.4, -0.2) is 24.1 Å². The molecule has 0 aliphatic carbocycles. The summed E-state index contributed by atoms with van der Waals surface area (Å²) in [7, 11) is 0. The number of rotatable bonds is 5. The van der Waals surface area contributed by atoms with Crippen molar-refractivity contribution in [3.8, 4) is 45.5 Å². The summed E-state index contributed by atoms with van der Waals surface area (Å²) in [6.45, 7) is 0. The summed E-state index contributed by atoms with van der Waals surface area (Å²) >= 11 is 1.85. The van der Waals surface area contributed by atoms with E-state index in [1.807, 2.05) is 72.0 Å². The van der Waals surface area contributed by atoms with Crippen LogP contribution in [0.5, 0.6) is 0 Å². The number of para-hydroxylation sites is 1. The van der Waals surface area contributed by atoms with Crippen LogP contribution in [0.15, 0.2) is 176 Å². The molecule has 6 heteroatoms. The van der Waals surface area contributed by atoms with Crippen molar-refractivity contribution >= 4 is 64.2 Å². The van der Waals surface area contributed by atoms with Crippen LogP contribution in [-0.2, 0) is 0 Å². The van der Waals surface area contributed by atoms with Crippen molar-refractivity contribution in [3.63, 3.8) is 0 Å². The molecule has 0 aliphatic heterocycles. The van der Waals surface area contributed by atoms with Crippen LogP contribution in [0.25, 0.3) is 98.4 Å². The monoisotopic (exact) mass is 695 g/mol. The van der Waals surface area contributed by atoms with Crippen molar-refractivity contribution in [2.24, 2.45) is 0 Å². The van der Waals surface area contributed by atoms with Crippen LogP contribution in [0.2, 0.25) is 0 Å². The van der Waals surface area contributed by atoms with Crippen molar-refractivity contribution in [1.29, 1.82) is 0 Å². The maximum atomic E-state index is 5.07. The maximum absolute atomic E-state index is 5.07. The number of thiophene rings is 1. The molecule has 7 aromatic carbocycles. The molecule has 5 nitrogen and oxygen atoms in total. The Bertz CT molecular complexity index is 3100. The van der Waals surface area contributed by atoms with Gasteiger partial charge in [-0.15, -0.1) is 11.3 Å². The maximum Gasteiger partial charge on any atom is 0.164 e. The van der Waals surface area contributed by atoms with Gasteiger partial charge in [0.25, 0.3) is 0 Å². The SMILES string of the molecule is c1ccc(-c2nc(-c3ccccc3)nc(-c3cccc(-n4c5cc6ccn(-c7ccccc7)c6cc5c5ccc6sc7ccccc7c6c54)c3)n2)cc1. The van der Waals surface area contributed by atoms with Gasteiger partial charge in [0.1, 0.15) is 0 Å². The molecule has 0 bridgehead atoms. The summed E-state index contributed by atoms with van der Waals surface area (Å²) in [5.74, 6) is 1.93. The molecule has 4 heterocycles. The van der Waals surface area contributed by atoms with E-state index in [2.05, 4.69) is 125 Å². The third kappa shape index (κ3) is 4.80. The number of benzene rings is 7. The smallest absolute Gasteiger partial charge is 0.164 e. The van der Waals surface area contributed by atoms with E-state index < -0.39 is 0 Å². The van der Waals surface area contributed by atoms with E-state index >= 15 is 0 Å². The number of hydrogen-bond donors (Lipinski definition) is 0. The van der Waals surface area contributed by atoms with Crippen LogP contribution < -0.4 is 0 Å². The van der Waals surface area contributed by atoms with Crippen LogP contribution >= 0.6 is 11.3 Å². The minimum absolute atomic E-state index is 0.633. The fraction of sp³-hybridized carbons (Fsp3) is 0. The fourth-order valence-electron chi connectivity index (χ4n) is 7.74. The molecular formula is C47H29N5S. The van der Waals surface area contributed by atoms with Crippen LogP contribution in [0, 0.1) is 0 Å². The first kappa shape index (κ1) is 29.8. The molecule has 11 rings (SSSR count). The van der Waals surface area contributed by atoms with E-state index in [1.165, 1.54) is 47.4 Å². The Morgan fingerprint density at radius 3 is 1.77 bits per heavy atom. The molecule has 0 saturated carbocycles. The van der Waals surface area contributed by atoms with Crippen molar-refractivity contribution in [1.82, 2.24) is 24.1 Å². The molecular weight excluding hydrogens is 667 g/mol. The average molecular weight is 696 g/mol. The van der Waals surface area contributed by atoms with Gasteiger partial charge in [-0.2, -0.15) is 0 Å². The standard InChI is InChI=1S/C47H29N5S/c1-4-13-30(14-5-1)45-48-46(31-15-6-2-7-16-31)50-47(49-45)33-17-12-20-35(27-33)52-40-28-32-25-26-51(34-18-8-3-9-19-34)39(32)29-38(40)36-23-24-42-43(44(36)52)37-21-10-11-22-41(37)53-42/h1-29H. The summed E-state index contributed by atoms with van der Waals surface area (Å²) in [4.78, 5) is 15.1. The summed E-state index contributed by atoms with van der Waals surface area (Å²) in [5.41, 5.74) is 8.56. The van der Waals surface area contributed by atoms with E-state index in [0.29, 0.717) is 17.5 Å². The first-order valence-electron chi connectivity index (χ1n) is 17.7. The molecule has 53 heavy (non-hydrogen) atoms. The van der Waals surface area contributed by atoms with Gasteiger partial charge < -0.3 is 9.13 Å². The Labute approximate surface area is 308 Å². The predicted molar refractivity (Wildman–Crippen MR) is 220 cm³/mol. The minimum Gasteiger partial charge on any atom is -0.317 e. The van der Waals surface area contributed by atoms with E-state index in [4.69, 9.17) is 15.0 Å². The molecule has 11 aromatic rings. The summed E-state index contributed by atoms with van der Waals surface area (Å²) in [5, 5.41) is 6.17. The third-order valence-corrected chi connectivity index (χ3v) is 11.3. The lowest BCUT2D eigenvalue weighted by Gasteiger charge is -2.12. The van der Waals surface area contributed by atoms with Crippen molar-refractivity contribution in [2.45, 2.75) is 0 Å². The van der Waals surface area contributed by atoms with Crippen molar-refractivity contribution in [2.75, 3.05) is 0 Å². The lowest BCUT2D eigenvalue weighted by atomic mass is 10.1. The zero-order chi connectivity index (χ0) is 34.9. The molecule has 248 valence electrons. The number of nitrogens with zero attached hydrogens (tertiary/aromatic N) is 5. The van der Waals surface area contributed by atoms with Crippen LogP contribution in [0.4, 0.5) is 0 Å². The lowest BCUT2D eigenvalue weighted by Crippen LogP contribution is -2.01. The zero-order valence-electron chi connectivity index (χ0n) is 28.4. The quantitative estimate of drug-likeness (QED) is 0.180. The first-order chi connectivity index (χ1) is 26.3. The molecule has 0 spiro atoms. The predicted octanol–water partition coefficient (Wildman–Crippen LogP) is 12.3. The van der Waals surface area contributed by atoms with E-state index in [-0.39, 0.29) is 0 Å². The number of fused-ring (bicyclic) bond motifs is 8. The molecule has 0 radical (unpaired) electrons. The Morgan fingerprint density at radius 1 is 0.415 bits per heavy atom. The first-order valence-corrected chi connectivity index (χ1v) is 18.5. The Balaban J connectivity index is 1.19. The summed E-state index contributed by atoms with van der Waals surface area (Å²) in [6, 6.07) is 59.8. The van der Waals surface area contributed by atoms with Gasteiger partial charge in [-0.1, -0.05) is 115 Å². The molecule has 0 amide bonds. The van der Waals surface area contributed by atoms with Crippen LogP contribution in [0.1, 0.15) is 0 Å². The van der Waals surface area contributed by atoms with Gasteiger partial charge in [-0.3, -0.25) is 0 Å². The second-order valence-corrected chi connectivity index (χ2v) is 14.4. The Morgan fingerprint density at radius 2 is 1.04 bits per heavy atom. The molecule has 0 saturated heterocycles. The Kier molecular flexibility index (Phi) is 6.66. The van der Waals surface area contributed by atoms with Crippen molar-refractivity contribution in [3.05, 3.63) is 176 Å². The molecule has 0 unspecified atom stereocenters. The van der Waals surface area contributed by atoms with Gasteiger partial charge in [-0.25, -0.2) is 15.0 Å². The highest BCUT2D eigenvalue weighted by atomic mass is 32.1. The molecule has 0 atom stereocenters. The molecule has 0 fully saturated rings. The normalized spacial score (nSPS) is 11.8. The topological polar surface area (TPSA) is 48.5 Å². The van der Waals surface area contributed by atoms with Crippen LogP contribution in [0.3, 0.4) is 0 Å². The van der Waals surface area contributed by atoms with Gasteiger partial charge >= 0.3 is 0 Å². The third-order valence-electron chi connectivity index (χ3n) is 10.2. The van der Waals surface area contributed by atoms with Gasteiger partial charge in [-0.05, 0) is 54.6 Å². The lowest BCUT2D eigenvalue weighted by molar-refractivity contribution is 1.07. The Hall–Kier alpha value is -6.89. The fourth-order valence-corrected chi connectivity index (χ4v) is 8.85. The summed E-state index contributed by atoms with van der Waals surface area (Å²) < 4.78 is 7.29. The highest BCUT2D eigenvalue weighted by Crippen LogP contribution is 2.44. The number of aromatic nitrogens is 5. The van der Waals surface area contributed by atoms with Crippen molar-refractivity contribution < 1.29 is 0 Å². The molecule has 4 aromatic heterocycles. The average Bonchev–Trinajstić information content (AvgIpc) is 3.92. The molecule has 0 aliphatic rings. The van der Waals surface area contributed by atoms with Gasteiger partial charge in [0.15, 0.2) is 17.5 Å². The van der Waals surface area contributed by atoms with E-state index in [1.54, 1.807) is 0 Å². The second-order valence-electron chi connectivity index (χ2n) is 13.3. The zero-order valence-corrected chi connectivity index (χ0v) is 29.2. The highest BCUT2D eigenvalue weighted by molar-refractivity contribution is 7.26. The van der Waals surface area contributed by atoms with Gasteiger partial charge in [0.2, 0.25) is 0 Å². The highest BCUT2D eigenvalue weighted by Gasteiger charge is 2.21. The number of hydrogen-bond acceptors (Lipinski definition) is 4. The van der Waals surface area contributed by atoms with Gasteiger partial charge in [0, 0.05) is 70.6 Å². The van der Waals surface area contributed by atoms with Gasteiger partial charge in [0.05, 0.1) is 16.6 Å². The van der Waals surface area contributed by atoms with E-state index in [9.17, 15) is 0 Å². The van der Waals surface area contributed by atoms with E-state index in [0.717, 1.165) is 33.6 Å². The minimum atomic E-state index is 0.633. The second kappa shape index (κ2) is 11.8. The molecule has 0 N–H and O–H groups in total. The largest absolute Gasteiger partial charge is 0.317 e.